The highest BCUT2D eigenvalue weighted by atomic mass is 16.2. The molecule has 160 valence electrons. The van der Waals surface area contributed by atoms with Crippen LogP contribution in [0.2, 0.25) is 0 Å². The molecule has 0 bridgehead atoms. The molecule has 5 heteroatoms. The molecule has 0 aromatic heterocycles. The second kappa shape index (κ2) is 8.42. The van der Waals surface area contributed by atoms with Gasteiger partial charge in [0.05, 0.1) is 5.57 Å². The Hall–Kier alpha value is -3.34. The van der Waals surface area contributed by atoms with Crippen molar-refractivity contribution in [2.75, 3.05) is 37.6 Å². The lowest BCUT2D eigenvalue weighted by Crippen LogP contribution is -2.47. The van der Waals surface area contributed by atoms with Gasteiger partial charge in [0, 0.05) is 38.4 Å². The Bertz CT molecular complexity index is 1080. The molecule has 2 amide bonds. The fourth-order valence-electron chi connectivity index (χ4n) is 4.32. The van der Waals surface area contributed by atoms with Crippen LogP contribution in [0.5, 0.6) is 0 Å². The Morgan fingerprint density at radius 3 is 2.23 bits per heavy atom. The molecule has 2 aliphatic heterocycles. The summed E-state index contributed by atoms with van der Waals surface area (Å²) in [6.07, 6.45) is 1.60. The van der Waals surface area contributed by atoms with Crippen molar-refractivity contribution >= 4 is 23.1 Å². The summed E-state index contributed by atoms with van der Waals surface area (Å²) < 4.78 is 0. The van der Waals surface area contributed by atoms with Crippen LogP contribution in [0.3, 0.4) is 0 Å². The van der Waals surface area contributed by atoms with Crippen LogP contribution >= 0.6 is 0 Å². The first kappa shape index (κ1) is 20.9. The monoisotopic (exact) mass is 415 g/mol. The molecule has 0 saturated carbocycles. The normalized spacial score (nSPS) is 17.1. The number of piperazine rings is 1. The molecule has 0 atom stereocenters. The summed E-state index contributed by atoms with van der Waals surface area (Å²) in [7, 11) is 0. The van der Waals surface area contributed by atoms with Gasteiger partial charge in [-0.15, -0.1) is 6.58 Å². The Labute approximate surface area is 184 Å². The molecular weight excluding hydrogens is 386 g/mol. The number of aryl methyl sites for hydroxylation is 3. The van der Waals surface area contributed by atoms with Crippen molar-refractivity contribution in [3.63, 3.8) is 0 Å². The number of benzene rings is 2. The molecule has 4 rings (SSSR count). The van der Waals surface area contributed by atoms with E-state index in [0.717, 1.165) is 29.8 Å². The number of imide groups is 1. The topological polar surface area (TPSA) is 43.9 Å². The van der Waals surface area contributed by atoms with Crippen molar-refractivity contribution in [2.45, 2.75) is 20.8 Å². The Morgan fingerprint density at radius 2 is 1.58 bits per heavy atom. The zero-order valence-corrected chi connectivity index (χ0v) is 18.5. The molecule has 2 aliphatic rings. The molecule has 31 heavy (non-hydrogen) atoms. The van der Waals surface area contributed by atoms with Gasteiger partial charge in [-0.1, -0.05) is 36.4 Å². The molecule has 1 fully saturated rings. The van der Waals surface area contributed by atoms with Gasteiger partial charge in [-0.05, 0) is 55.2 Å². The fourth-order valence-corrected chi connectivity index (χ4v) is 4.32. The Kier molecular flexibility index (Phi) is 5.68. The van der Waals surface area contributed by atoms with Crippen LogP contribution in [0.4, 0.5) is 5.69 Å². The minimum atomic E-state index is -0.232. The molecule has 0 N–H and O–H groups in total. The molecule has 0 aliphatic carbocycles. The standard InChI is InChI=1S/C26H29N3O2/c1-5-11-29-25(30)23(21-10-9-19(3)20(4)17-21)24(26(29)31)28-14-12-27(13-15-28)22-8-6-7-18(2)16-22/h5-10,16-17H,1,11-15H2,2-4H3. The quantitative estimate of drug-likeness (QED) is 0.552. The molecule has 2 aromatic rings. The predicted octanol–water partition coefficient (Wildman–Crippen LogP) is 3.70. The van der Waals surface area contributed by atoms with E-state index < -0.39 is 0 Å². The SMILES string of the molecule is C=CCN1C(=O)C(c2ccc(C)c(C)c2)=C(N2CCN(c3cccc(C)c3)CC2)C1=O. The number of amides is 2. The van der Waals surface area contributed by atoms with E-state index in [2.05, 4.69) is 47.6 Å². The number of carbonyl (C=O) groups is 2. The summed E-state index contributed by atoms with van der Waals surface area (Å²) in [5.41, 5.74) is 6.55. The van der Waals surface area contributed by atoms with Gasteiger partial charge in [-0.25, -0.2) is 0 Å². The van der Waals surface area contributed by atoms with E-state index in [1.54, 1.807) is 6.08 Å². The van der Waals surface area contributed by atoms with E-state index in [4.69, 9.17) is 0 Å². The largest absolute Gasteiger partial charge is 0.368 e. The third kappa shape index (κ3) is 3.88. The van der Waals surface area contributed by atoms with Gasteiger partial charge < -0.3 is 9.80 Å². The van der Waals surface area contributed by atoms with Gasteiger partial charge in [-0.3, -0.25) is 14.5 Å². The summed E-state index contributed by atoms with van der Waals surface area (Å²) in [6, 6.07) is 14.4. The molecule has 1 saturated heterocycles. The van der Waals surface area contributed by atoms with Gasteiger partial charge >= 0.3 is 0 Å². The smallest absolute Gasteiger partial charge is 0.278 e. The maximum Gasteiger partial charge on any atom is 0.278 e. The predicted molar refractivity (Wildman–Crippen MR) is 125 cm³/mol. The summed E-state index contributed by atoms with van der Waals surface area (Å²) in [6.45, 7) is 13.1. The zero-order valence-electron chi connectivity index (χ0n) is 18.5. The van der Waals surface area contributed by atoms with Gasteiger partial charge in [0.15, 0.2) is 0 Å². The highest BCUT2D eigenvalue weighted by molar-refractivity contribution is 6.35. The second-order valence-corrected chi connectivity index (χ2v) is 8.35. The number of hydrogen-bond acceptors (Lipinski definition) is 4. The average Bonchev–Trinajstić information content (AvgIpc) is 3.01. The summed E-state index contributed by atoms with van der Waals surface area (Å²) >= 11 is 0. The molecule has 2 aromatic carbocycles. The van der Waals surface area contributed by atoms with E-state index in [-0.39, 0.29) is 18.4 Å². The minimum absolute atomic E-state index is 0.220. The van der Waals surface area contributed by atoms with Crippen LogP contribution in [0, 0.1) is 20.8 Å². The van der Waals surface area contributed by atoms with Crippen molar-refractivity contribution in [1.82, 2.24) is 9.80 Å². The van der Waals surface area contributed by atoms with Crippen LogP contribution in [-0.4, -0.2) is 54.3 Å². The first-order valence-corrected chi connectivity index (χ1v) is 10.8. The Morgan fingerprint density at radius 1 is 0.871 bits per heavy atom. The third-order valence-electron chi connectivity index (χ3n) is 6.21. The lowest BCUT2D eigenvalue weighted by atomic mass is 9.99. The number of hydrogen-bond donors (Lipinski definition) is 0. The van der Waals surface area contributed by atoms with Crippen molar-refractivity contribution < 1.29 is 9.59 Å². The summed E-state index contributed by atoms with van der Waals surface area (Å²) in [4.78, 5) is 32.2. The van der Waals surface area contributed by atoms with E-state index in [9.17, 15) is 9.59 Å². The molecular formula is C26H29N3O2. The maximum atomic E-state index is 13.3. The lowest BCUT2D eigenvalue weighted by molar-refractivity contribution is -0.136. The van der Waals surface area contributed by atoms with Crippen LogP contribution in [0.15, 0.2) is 60.8 Å². The minimum Gasteiger partial charge on any atom is -0.368 e. The van der Waals surface area contributed by atoms with Crippen molar-refractivity contribution in [3.8, 4) is 0 Å². The first-order valence-electron chi connectivity index (χ1n) is 10.8. The number of anilines is 1. The van der Waals surface area contributed by atoms with E-state index in [1.807, 2.05) is 32.0 Å². The highest BCUT2D eigenvalue weighted by Gasteiger charge is 2.41. The summed E-state index contributed by atoms with van der Waals surface area (Å²) in [5.74, 6) is -0.452. The van der Waals surface area contributed by atoms with Crippen molar-refractivity contribution in [2.24, 2.45) is 0 Å². The average molecular weight is 416 g/mol. The number of carbonyl (C=O) groups excluding carboxylic acids is 2. The van der Waals surface area contributed by atoms with Gasteiger partial charge in [0.1, 0.15) is 5.70 Å². The van der Waals surface area contributed by atoms with Crippen LogP contribution < -0.4 is 4.90 Å². The van der Waals surface area contributed by atoms with Crippen LogP contribution in [0.25, 0.3) is 5.57 Å². The molecule has 2 heterocycles. The van der Waals surface area contributed by atoms with Crippen LogP contribution in [0.1, 0.15) is 22.3 Å². The van der Waals surface area contributed by atoms with Gasteiger partial charge in [0.2, 0.25) is 0 Å². The fraction of sp³-hybridized carbons (Fsp3) is 0.308. The number of nitrogens with zero attached hydrogens (tertiary/aromatic N) is 3. The second-order valence-electron chi connectivity index (χ2n) is 8.35. The lowest BCUT2D eigenvalue weighted by Gasteiger charge is -2.37. The third-order valence-corrected chi connectivity index (χ3v) is 6.21. The molecule has 0 spiro atoms. The van der Waals surface area contributed by atoms with Crippen LogP contribution in [-0.2, 0) is 9.59 Å². The van der Waals surface area contributed by atoms with E-state index >= 15 is 0 Å². The van der Waals surface area contributed by atoms with Crippen molar-refractivity contribution in [1.29, 1.82) is 0 Å². The van der Waals surface area contributed by atoms with E-state index in [1.165, 1.54) is 16.2 Å². The molecule has 5 nitrogen and oxygen atoms in total. The van der Waals surface area contributed by atoms with Gasteiger partial charge in [-0.2, -0.15) is 0 Å². The van der Waals surface area contributed by atoms with Crippen molar-refractivity contribution in [3.05, 3.63) is 83.1 Å². The first-order chi connectivity index (χ1) is 14.9. The molecule has 0 unspecified atom stereocenters. The maximum absolute atomic E-state index is 13.3. The zero-order chi connectivity index (χ0) is 22.1. The summed E-state index contributed by atoms with van der Waals surface area (Å²) in [5, 5.41) is 0. The van der Waals surface area contributed by atoms with Gasteiger partial charge in [0.25, 0.3) is 11.8 Å². The molecule has 0 radical (unpaired) electrons. The van der Waals surface area contributed by atoms with E-state index in [0.29, 0.717) is 24.4 Å². The highest BCUT2D eigenvalue weighted by Crippen LogP contribution is 2.33. The number of rotatable bonds is 5. The Balaban J connectivity index is 1.66.